The maximum absolute atomic E-state index is 13.1. The van der Waals surface area contributed by atoms with E-state index in [-0.39, 0.29) is 35.3 Å². The van der Waals surface area contributed by atoms with Crippen molar-refractivity contribution in [3.8, 4) is 6.07 Å². The molecule has 5 nitrogen and oxygen atoms in total. The first-order valence-corrected chi connectivity index (χ1v) is 13.8. The van der Waals surface area contributed by atoms with Gasteiger partial charge in [0.05, 0.1) is 22.4 Å². The highest BCUT2D eigenvalue weighted by Crippen LogP contribution is 2.40. The average Bonchev–Trinajstić information content (AvgIpc) is 2.83. The summed E-state index contributed by atoms with van der Waals surface area (Å²) in [5.41, 5.74) is 2.00. The fraction of sp³-hybridized carbons (Fsp3) is 0.500. The lowest BCUT2D eigenvalue weighted by molar-refractivity contribution is -0.184. The largest absolute Gasteiger partial charge is 0.391 e. The monoisotopic (exact) mass is 505 g/mol. The Morgan fingerprint density at radius 3 is 2.31 bits per heavy atom. The van der Waals surface area contributed by atoms with E-state index in [1.54, 1.807) is 18.2 Å². The normalized spacial score (nSPS) is 24.2. The molecule has 2 fully saturated rings. The Morgan fingerprint density at radius 2 is 1.71 bits per heavy atom. The van der Waals surface area contributed by atoms with Crippen LogP contribution in [0.25, 0.3) is 0 Å². The molecule has 2 aromatic rings. The molecular weight excluding hydrogens is 475 g/mol. The number of halogens is 3. The van der Waals surface area contributed by atoms with Crippen LogP contribution in [-0.2, 0) is 9.84 Å². The summed E-state index contributed by atoms with van der Waals surface area (Å²) in [6.45, 7) is 2.75. The van der Waals surface area contributed by atoms with Crippen LogP contribution in [0.1, 0.15) is 42.9 Å². The van der Waals surface area contributed by atoms with Gasteiger partial charge >= 0.3 is 6.18 Å². The first-order chi connectivity index (χ1) is 16.6. The van der Waals surface area contributed by atoms with Crippen LogP contribution in [-0.4, -0.2) is 51.9 Å². The maximum Gasteiger partial charge on any atom is 0.391 e. The summed E-state index contributed by atoms with van der Waals surface area (Å²) in [5.74, 6) is -0.945. The minimum Gasteiger partial charge on any atom is -0.368 e. The Hall–Kier alpha value is -2.57. The molecule has 1 aliphatic heterocycles. The highest BCUT2D eigenvalue weighted by molar-refractivity contribution is 7.90. The molecule has 0 radical (unpaired) electrons. The van der Waals surface area contributed by atoms with Gasteiger partial charge in [0.2, 0.25) is 0 Å². The van der Waals surface area contributed by atoms with Gasteiger partial charge in [0.1, 0.15) is 6.07 Å². The zero-order chi connectivity index (χ0) is 25.2. The lowest BCUT2D eigenvalue weighted by atomic mass is 9.81. The molecule has 1 heterocycles. The molecular formula is C26H30F3N3O2S. The molecule has 35 heavy (non-hydrogen) atoms. The first-order valence-electron chi connectivity index (χ1n) is 11.9. The summed E-state index contributed by atoms with van der Waals surface area (Å²) in [7, 11) is -3.56. The summed E-state index contributed by atoms with van der Waals surface area (Å²) in [5, 5.41) is 9.33. The number of hydrogen-bond acceptors (Lipinski definition) is 5. The molecule has 1 unspecified atom stereocenters. The van der Waals surface area contributed by atoms with Crippen LogP contribution in [0.15, 0.2) is 53.4 Å². The minimum absolute atomic E-state index is 0.0256. The van der Waals surface area contributed by atoms with E-state index in [0.29, 0.717) is 32.5 Å². The molecule has 0 spiro atoms. The maximum atomic E-state index is 13.1. The van der Waals surface area contributed by atoms with E-state index >= 15 is 0 Å². The molecule has 0 amide bonds. The third kappa shape index (κ3) is 5.99. The van der Waals surface area contributed by atoms with Crippen molar-refractivity contribution in [2.75, 3.05) is 37.3 Å². The standard InChI is InChI=1S/C26H30F3N3O2S/c1-35(33,34)25-15-23(12-9-21(25)16-30)31-13-14-32(24(18-31)20-5-3-2-4-6-20)17-19-7-10-22(11-8-19)26(27,28)29/h2-6,9,12,15,19,22,24H,7-8,10-11,13-14,17-18H2,1H3. The van der Waals surface area contributed by atoms with Gasteiger partial charge in [-0.3, -0.25) is 4.90 Å². The van der Waals surface area contributed by atoms with Crippen molar-refractivity contribution in [1.82, 2.24) is 4.90 Å². The van der Waals surface area contributed by atoms with E-state index < -0.39 is 21.9 Å². The van der Waals surface area contributed by atoms with Crippen molar-refractivity contribution in [2.24, 2.45) is 11.8 Å². The van der Waals surface area contributed by atoms with Crippen LogP contribution in [0.3, 0.4) is 0 Å². The SMILES string of the molecule is CS(=O)(=O)c1cc(N2CCN(CC3CCC(C(F)(F)F)CC3)C(c3ccccc3)C2)ccc1C#N. The number of piperazine rings is 1. The third-order valence-corrected chi connectivity index (χ3v) is 8.46. The minimum atomic E-state index is -4.10. The van der Waals surface area contributed by atoms with Gasteiger partial charge in [0, 0.05) is 38.1 Å². The Labute approximate surface area is 205 Å². The summed E-state index contributed by atoms with van der Waals surface area (Å²) in [4.78, 5) is 4.52. The van der Waals surface area contributed by atoms with E-state index in [1.807, 2.05) is 24.3 Å². The zero-order valence-corrected chi connectivity index (χ0v) is 20.5. The Balaban J connectivity index is 1.53. The number of anilines is 1. The van der Waals surface area contributed by atoms with Gasteiger partial charge in [-0.2, -0.15) is 18.4 Å². The molecule has 1 saturated carbocycles. The van der Waals surface area contributed by atoms with E-state index in [1.165, 1.54) is 0 Å². The van der Waals surface area contributed by atoms with Crippen molar-refractivity contribution in [3.05, 3.63) is 59.7 Å². The molecule has 1 aliphatic carbocycles. The van der Waals surface area contributed by atoms with Gasteiger partial charge in [-0.25, -0.2) is 8.42 Å². The van der Waals surface area contributed by atoms with Crippen molar-refractivity contribution in [3.63, 3.8) is 0 Å². The number of sulfone groups is 1. The van der Waals surface area contributed by atoms with E-state index in [9.17, 15) is 26.9 Å². The van der Waals surface area contributed by atoms with Crippen molar-refractivity contribution < 1.29 is 21.6 Å². The van der Waals surface area contributed by atoms with Crippen LogP contribution in [0.2, 0.25) is 0 Å². The third-order valence-electron chi connectivity index (χ3n) is 7.33. The zero-order valence-electron chi connectivity index (χ0n) is 19.7. The summed E-state index contributed by atoms with van der Waals surface area (Å²) >= 11 is 0. The van der Waals surface area contributed by atoms with Crippen LogP contribution in [0.5, 0.6) is 0 Å². The van der Waals surface area contributed by atoms with Gasteiger partial charge in [-0.15, -0.1) is 0 Å². The van der Waals surface area contributed by atoms with E-state index in [4.69, 9.17) is 0 Å². The highest BCUT2D eigenvalue weighted by Gasteiger charge is 2.42. The van der Waals surface area contributed by atoms with Gasteiger partial charge in [-0.1, -0.05) is 30.3 Å². The van der Waals surface area contributed by atoms with Crippen LogP contribution in [0.4, 0.5) is 18.9 Å². The number of nitrogens with zero attached hydrogens (tertiary/aromatic N) is 3. The second-order valence-electron chi connectivity index (χ2n) is 9.69. The van der Waals surface area contributed by atoms with Crippen LogP contribution < -0.4 is 4.90 Å². The number of rotatable bonds is 5. The average molecular weight is 506 g/mol. The van der Waals surface area contributed by atoms with E-state index in [2.05, 4.69) is 21.9 Å². The fourth-order valence-corrected chi connectivity index (χ4v) is 6.22. The molecule has 0 aromatic heterocycles. The molecule has 0 bridgehead atoms. The van der Waals surface area contributed by atoms with Crippen LogP contribution >= 0.6 is 0 Å². The molecule has 1 saturated heterocycles. The smallest absolute Gasteiger partial charge is 0.368 e. The summed E-state index contributed by atoms with van der Waals surface area (Å²) in [6.07, 6.45) is -1.44. The molecule has 1 atom stereocenters. The van der Waals surface area contributed by atoms with Crippen LogP contribution in [0, 0.1) is 23.2 Å². The Kier molecular flexibility index (Phi) is 7.43. The topological polar surface area (TPSA) is 64.4 Å². The molecule has 9 heteroatoms. The number of benzene rings is 2. The first kappa shape index (κ1) is 25.5. The number of hydrogen-bond donors (Lipinski definition) is 0. The number of alkyl halides is 3. The predicted octanol–water partition coefficient (Wildman–Crippen LogP) is 5.19. The van der Waals surface area contributed by atoms with Gasteiger partial charge in [0.15, 0.2) is 9.84 Å². The lowest BCUT2D eigenvalue weighted by Gasteiger charge is -2.45. The molecule has 2 aromatic carbocycles. The molecule has 0 N–H and O–H groups in total. The van der Waals surface area contributed by atoms with Crippen molar-refractivity contribution >= 4 is 15.5 Å². The predicted molar refractivity (Wildman–Crippen MR) is 129 cm³/mol. The van der Waals surface area contributed by atoms with Crippen molar-refractivity contribution in [2.45, 2.75) is 42.8 Å². The van der Waals surface area contributed by atoms with Gasteiger partial charge in [-0.05, 0) is 55.4 Å². The quantitative estimate of drug-likeness (QED) is 0.559. The van der Waals surface area contributed by atoms with E-state index in [0.717, 1.165) is 24.1 Å². The lowest BCUT2D eigenvalue weighted by Crippen LogP contribution is -2.50. The Bertz CT molecular complexity index is 1170. The number of nitriles is 1. The van der Waals surface area contributed by atoms with Crippen molar-refractivity contribution in [1.29, 1.82) is 5.26 Å². The van der Waals surface area contributed by atoms with Gasteiger partial charge < -0.3 is 4.90 Å². The van der Waals surface area contributed by atoms with Gasteiger partial charge in [0.25, 0.3) is 0 Å². The Morgan fingerprint density at radius 1 is 1.03 bits per heavy atom. The summed E-state index contributed by atoms with van der Waals surface area (Å²) < 4.78 is 63.8. The second kappa shape index (κ2) is 10.2. The molecule has 4 rings (SSSR count). The summed E-state index contributed by atoms with van der Waals surface area (Å²) in [6, 6.07) is 16.9. The second-order valence-corrected chi connectivity index (χ2v) is 11.7. The molecule has 2 aliphatic rings. The fourth-order valence-electron chi connectivity index (χ4n) is 5.38. The molecule has 188 valence electrons. The highest BCUT2D eigenvalue weighted by atomic mass is 32.2.